The first kappa shape index (κ1) is 17.0. The van der Waals surface area contributed by atoms with Gasteiger partial charge in [0.1, 0.15) is 0 Å². The fourth-order valence-corrected chi connectivity index (χ4v) is 2.94. The summed E-state index contributed by atoms with van der Waals surface area (Å²) in [6, 6.07) is 0.238. The zero-order chi connectivity index (χ0) is 15.9. The molecule has 1 amide bonds. The smallest absolute Gasteiger partial charge is 0.344 e. The van der Waals surface area contributed by atoms with Gasteiger partial charge in [-0.1, -0.05) is 11.8 Å². The van der Waals surface area contributed by atoms with Crippen molar-refractivity contribution in [3.05, 3.63) is 10.5 Å². The highest BCUT2D eigenvalue weighted by Crippen LogP contribution is 2.35. The molecule has 0 saturated heterocycles. The topological polar surface area (TPSA) is 89.5 Å². The van der Waals surface area contributed by atoms with Crippen LogP contribution in [-0.4, -0.2) is 71.8 Å². The number of ether oxygens (including phenoxy) is 2. The second-order valence-electron chi connectivity index (χ2n) is 5.07. The highest BCUT2D eigenvalue weighted by molar-refractivity contribution is 7.99. The molecule has 1 heterocycles. The number of nitrogens with one attached hydrogen (secondary N) is 1. The van der Waals surface area contributed by atoms with E-state index < -0.39 is 0 Å². The van der Waals surface area contributed by atoms with Gasteiger partial charge < -0.3 is 14.4 Å². The highest BCUT2D eigenvalue weighted by atomic mass is 32.2. The molecule has 1 aromatic heterocycles. The number of rotatable bonds is 10. The number of carbonyl (C=O) groups excluding carboxylic acids is 1. The van der Waals surface area contributed by atoms with Crippen LogP contribution in [0.15, 0.2) is 9.95 Å². The van der Waals surface area contributed by atoms with Gasteiger partial charge in [-0.05, 0) is 12.8 Å². The van der Waals surface area contributed by atoms with Gasteiger partial charge >= 0.3 is 5.69 Å². The van der Waals surface area contributed by atoms with Gasteiger partial charge in [0.15, 0.2) is 5.16 Å². The third-order valence-corrected chi connectivity index (χ3v) is 4.33. The van der Waals surface area contributed by atoms with Crippen LogP contribution in [0.5, 0.6) is 0 Å². The molecule has 1 aliphatic carbocycles. The van der Waals surface area contributed by atoms with Crippen molar-refractivity contribution in [3.8, 4) is 0 Å². The molecule has 9 heteroatoms. The SMILES string of the molecule is COCCN(CCOC)C(=O)CSc1n[nH]c(=O)n1C1CC1. The number of hydrogen-bond donors (Lipinski definition) is 1. The average Bonchev–Trinajstić information content (AvgIpc) is 3.28. The van der Waals surface area contributed by atoms with E-state index in [0.717, 1.165) is 12.8 Å². The Labute approximate surface area is 133 Å². The van der Waals surface area contributed by atoms with Crippen molar-refractivity contribution in [2.45, 2.75) is 24.0 Å². The summed E-state index contributed by atoms with van der Waals surface area (Å²) in [7, 11) is 3.21. The van der Waals surface area contributed by atoms with Crippen molar-refractivity contribution in [1.82, 2.24) is 19.7 Å². The van der Waals surface area contributed by atoms with Crippen molar-refractivity contribution in [2.24, 2.45) is 0 Å². The van der Waals surface area contributed by atoms with E-state index in [9.17, 15) is 9.59 Å². The van der Waals surface area contributed by atoms with Crippen LogP contribution in [-0.2, 0) is 14.3 Å². The molecular formula is C13H22N4O4S. The molecule has 0 atom stereocenters. The maximum absolute atomic E-state index is 12.3. The summed E-state index contributed by atoms with van der Waals surface area (Å²) in [5.74, 6) is 0.224. The Bertz CT molecular complexity index is 532. The molecule has 2 rings (SSSR count). The van der Waals surface area contributed by atoms with Crippen molar-refractivity contribution >= 4 is 17.7 Å². The minimum Gasteiger partial charge on any atom is -0.383 e. The summed E-state index contributed by atoms with van der Waals surface area (Å²) >= 11 is 1.29. The van der Waals surface area contributed by atoms with Crippen LogP contribution in [0.1, 0.15) is 18.9 Å². The molecule has 0 spiro atoms. The minimum absolute atomic E-state index is 0.0168. The van der Waals surface area contributed by atoms with Crippen molar-refractivity contribution in [3.63, 3.8) is 0 Å². The monoisotopic (exact) mass is 330 g/mol. The van der Waals surface area contributed by atoms with Crippen molar-refractivity contribution in [2.75, 3.05) is 46.3 Å². The number of amides is 1. The largest absolute Gasteiger partial charge is 0.383 e. The number of nitrogens with zero attached hydrogens (tertiary/aromatic N) is 3. The van der Waals surface area contributed by atoms with E-state index >= 15 is 0 Å². The first-order chi connectivity index (χ1) is 10.7. The zero-order valence-electron chi connectivity index (χ0n) is 12.9. The summed E-state index contributed by atoms with van der Waals surface area (Å²) in [5.41, 5.74) is -0.201. The molecule has 0 bridgehead atoms. The zero-order valence-corrected chi connectivity index (χ0v) is 13.7. The fourth-order valence-electron chi connectivity index (χ4n) is 2.03. The van der Waals surface area contributed by atoms with Crippen LogP contribution in [0.3, 0.4) is 0 Å². The first-order valence-corrected chi connectivity index (χ1v) is 8.21. The van der Waals surface area contributed by atoms with Gasteiger partial charge in [-0.3, -0.25) is 9.36 Å². The lowest BCUT2D eigenvalue weighted by Gasteiger charge is -2.21. The summed E-state index contributed by atoms with van der Waals surface area (Å²) < 4.78 is 11.7. The summed E-state index contributed by atoms with van der Waals surface area (Å²) in [6.45, 7) is 2.01. The van der Waals surface area contributed by atoms with Gasteiger partial charge in [0.2, 0.25) is 5.91 Å². The molecule has 1 fully saturated rings. The lowest BCUT2D eigenvalue weighted by molar-refractivity contribution is -0.129. The van der Waals surface area contributed by atoms with E-state index in [2.05, 4.69) is 10.2 Å². The number of hydrogen-bond acceptors (Lipinski definition) is 6. The molecule has 1 aliphatic rings. The van der Waals surface area contributed by atoms with E-state index in [-0.39, 0.29) is 23.4 Å². The van der Waals surface area contributed by atoms with Crippen LogP contribution in [0.25, 0.3) is 0 Å². The molecule has 1 aromatic rings. The Balaban J connectivity index is 1.90. The number of H-pyrrole nitrogens is 1. The third kappa shape index (κ3) is 4.59. The molecule has 0 unspecified atom stereocenters. The van der Waals surface area contributed by atoms with E-state index in [4.69, 9.17) is 9.47 Å². The molecule has 124 valence electrons. The van der Waals surface area contributed by atoms with Gasteiger partial charge in [-0.2, -0.15) is 0 Å². The third-order valence-electron chi connectivity index (χ3n) is 3.39. The van der Waals surface area contributed by atoms with Gasteiger partial charge in [-0.15, -0.1) is 5.10 Å². The Hall–Kier alpha value is -1.32. The van der Waals surface area contributed by atoms with Gasteiger partial charge in [0, 0.05) is 33.4 Å². The Morgan fingerprint density at radius 3 is 2.55 bits per heavy atom. The van der Waals surface area contributed by atoms with E-state index in [1.807, 2.05) is 0 Å². The molecule has 0 aromatic carbocycles. The first-order valence-electron chi connectivity index (χ1n) is 7.22. The maximum Gasteiger partial charge on any atom is 0.344 e. The highest BCUT2D eigenvalue weighted by Gasteiger charge is 2.29. The van der Waals surface area contributed by atoms with Crippen LogP contribution in [0, 0.1) is 0 Å². The Morgan fingerprint density at radius 2 is 2.00 bits per heavy atom. The second-order valence-corrected chi connectivity index (χ2v) is 6.01. The van der Waals surface area contributed by atoms with E-state index in [1.165, 1.54) is 11.8 Å². The molecule has 1 saturated carbocycles. The number of thioether (sulfide) groups is 1. The van der Waals surface area contributed by atoms with Crippen LogP contribution >= 0.6 is 11.8 Å². The van der Waals surface area contributed by atoms with E-state index in [0.29, 0.717) is 31.5 Å². The van der Waals surface area contributed by atoms with Gasteiger partial charge in [0.25, 0.3) is 0 Å². The normalized spacial score (nSPS) is 14.3. The average molecular weight is 330 g/mol. The van der Waals surface area contributed by atoms with Gasteiger partial charge in [0.05, 0.1) is 19.0 Å². The van der Waals surface area contributed by atoms with Crippen molar-refractivity contribution in [1.29, 1.82) is 0 Å². The minimum atomic E-state index is -0.201. The molecular weight excluding hydrogens is 308 g/mol. The molecule has 22 heavy (non-hydrogen) atoms. The predicted molar refractivity (Wildman–Crippen MR) is 82.2 cm³/mol. The quantitative estimate of drug-likeness (QED) is 0.613. The summed E-state index contributed by atoms with van der Waals surface area (Å²) in [6.07, 6.45) is 1.99. The Morgan fingerprint density at radius 1 is 1.36 bits per heavy atom. The second kappa shape index (κ2) is 8.35. The molecule has 1 N–H and O–H groups in total. The number of carbonyl (C=O) groups is 1. The molecule has 8 nitrogen and oxygen atoms in total. The lowest BCUT2D eigenvalue weighted by Crippen LogP contribution is -2.37. The van der Waals surface area contributed by atoms with Crippen LogP contribution in [0.4, 0.5) is 0 Å². The van der Waals surface area contributed by atoms with Crippen LogP contribution < -0.4 is 5.69 Å². The van der Waals surface area contributed by atoms with Crippen molar-refractivity contribution < 1.29 is 14.3 Å². The summed E-state index contributed by atoms with van der Waals surface area (Å²) in [5, 5.41) is 7.04. The standard InChI is InChI=1S/C13H22N4O4S/c1-20-7-5-16(6-8-21-2)11(18)9-22-13-15-14-12(19)17(13)10-3-4-10/h10H,3-9H2,1-2H3,(H,14,19). The number of aromatic nitrogens is 3. The molecule has 0 radical (unpaired) electrons. The molecule has 0 aliphatic heterocycles. The number of methoxy groups -OCH3 is 2. The van der Waals surface area contributed by atoms with Gasteiger partial charge in [-0.25, -0.2) is 9.89 Å². The summed E-state index contributed by atoms with van der Waals surface area (Å²) in [4.78, 5) is 25.7. The fraction of sp³-hybridized carbons (Fsp3) is 0.769. The maximum atomic E-state index is 12.3. The Kier molecular flexibility index (Phi) is 6.47. The lowest BCUT2D eigenvalue weighted by atomic mass is 10.4. The van der Waals surface area contributed by atoms with E-state index in [1.54, 1.807) is 23.7 Å². The number of aromatic amines is 1. The van der Waals surface area contributed by atoms with Crippen LogP contribution in [0.2, 0.25) is 0 Å². The predicted octanol–water partition coefficient (Wildman–Crippen LogP) is 0.120.